The molecule has 3 rings (SSSR count). The molecular formula is C15H18FN5O. The van der Waals surface area contributed by atoms with Gasteiger partial charge in [-0.2, -0.15) is 10.1 Å². The van der Waals surface area contributed by atoms with Crippen LogP contribution >= 0.6 is 0 Å². The molecule has 0 unspecified atom stereocenters. The Morgan fingerprint density at radius 3 is 2.95 bits per heavy atom. The number of nitrogens with zero attached hydrogens (tertiary/aromatic N) is 4. The molecule has 0 aliphatic carbocycles. The molecule has 0 spiro atoms. The SMILES string of the molecule is Cc1cc(F)ccc1[C@@H]1CCCN1C(=O)Nc1ncnn1C. The number of nitrogens with one attached hydrogen (secondary N) is 1. The lowest BCUT2D eigenvalue weighted by Gasteiger charge is -2.26. The molecule has 1 fully saturated rings. The molecule has 116 valence electrons. The van der Waals surface area contributed by atoms with Crippen LogP contribution in [0.15, 0.2) is 24.5 Å². The quantitative estimate of drug-likeness (QED) is 0.927. The van der Waals surface area contributed by atoms with Crippen LogP contribution in [0.25, 0.3) is 0 Å². The molecule has 22 heavy (non-hydrogen) atoms. The molecule has 6 nitrogen and oxygen atoms in total. The highest BCUT2D eigenvalue weighted by atomic mass is 19.1. The van der Waals surface area contributed by atoms with Gasteiger partial charge in [-0.05, 0) is 43.0 Å². The number of carbonyl (C=O) groups excluding carboxylic acids is 1. The summed E-state index contributed by atoms with van der Waals surface area (Å²) in [7, 11) is 1.72. The fourth-order valence-electron chi connectivity index (χ4n) is 2.92. The predicted octanol–water partition coefficient (Wildman–Crippen LogP) is 2.63. The zero-order chi connectivity index (χ0) is 15.7. The van der Waals surface area contributed by atoms with E-state index < -0.39 is 0 Å². The lowest BCUT2D eigenvalue weighted by molar-refractivity contribution is 0.206. The summed E-state index contributed by atoms with van der Waals surface area (Å²) in [6.07, 6.45) is 3.19. The maximum Gasteiger partial charge on any atom is 0.324 e. The molecule has 2 aromatic rings. The van der Waals surface area contributed by atoms with Crippen molar-refractivity contribution in [1.82, 2.24) is 19.7 Å². The molecular weight excluding hydrogens is 285 g/mol. The second-order valence-corrected chi connectivity index (χ2v) is 5.49. The molecule has 1 saturated heterocycles. The third kappa shape index (κ3) is 2.66. The van der Waals surface area contributed by atoms with Crippen LogP contribution in [0.5, 0.6) is 0 Å². The van der Waals surface area contributed by atoms with Crippen LogP contribution in [0.1, 0.15) is 30.0 Å². The van der Waals surface area contributed by atoms with Crippen LogP contribution in [-0.4, -0.2) is 32.2 Å². The lowest BCUT2D eigenvalue weighted by atomic mass is 9.99. The van der Waals surface area contributed by atoms with Gasteiger partial charge in [0.15, 0.2) is 0 Å². The van der Waals surface area contributed by atoms with Crippen LogP contribution < -0.4 is 5.32 Å². The third-order valence-electron chi connectivity index (χ3n) is 4.03. The fourth-order valence-corrected chi connectivity index (χ4v) is 2.92. The standard InChI is InChI=1S/C15H18FN5O/c1-10-8-11(16)5-6-12(10)13-4-3-7-21(13)15(22)19-14-17-9-18-20(14)2/h5-6,8-9,13H,3-4,7H2,1-2H3,(H,17,18,19,22)/t13-/m0/s1. The number of urea groups is 1. The second-order valence-electron chi connectivity index (χ2n) is 5.49. The van der Waals surface area contributed by atoms with Crippen LogP contribution in [0.3, 0.4) is 0 Å². The van der Waals surface area contributed by atoms with Gasteiger partial charge >= 0.3 is 6.03 Å². The molecule has 2 heterocycles. The zero-order valence-electron chi connectivity index (χ0n) is 12.6. The summed E-state index contributed by atoms with van der Waals surface area (Å²) in [5.41, 5.74) is 1.86. The zero-order valence-corrected chi connectivity index (χ0v) is 12.6. The Labute approximate surface area is 128 Å². The summed E-state index contributed by atoms with van der Waals surface area (Å²) >= 11 is 0. The topological polar surface area (TPSA) is 63.1 Å². The molecule has 7 heteroatoms. The van der Waals surface area contributed by atoms with E-state index in [1.54, 1.807) is 18.0 Å². The monoisotopic (exact) mass is 303 g/mol. The Morgan fingerprint density at radius 1 is 1.45 bits per heavy atom. The average Bonchev–Trinajstić information content (AvgIpc) is 3.09. The van der Waals surface area contributed by atoms with Crippen LogP contribution in [0.4, 0.5) is 15.1 Å². The van der Waals surface area contributed by atoms with E-state index in [1.165, 1.54) is 23.1 Å². The number of carbonyl (C=O) groups is 1. The van der Waals surface area contributed by atoms with E-state index in [9.17, 15) is 9.18 Å². The number of aryl methyl sites for hydroxylation is 2. The van der Waals surface area contributed by atoms with Crippen molar-refractivity contribution in [1.29, 1.82) is 0 Å². The summed E-state index contributed by atoms with van der Waals surface area (Å²) in [4.78, 5) is 18.3. The van der Waals surface area contributed by atoms with Gasteiger partial charge in [-0.15, -0.1) is 0 Å². The number of amides is 2. The second kappa shape index (κ2) is 5.75. The number of hydrogen-bond donors (Lipinski definition) is 1. The number of likely N-dealkylation sites (tertiary alicyclic amines) is 1. The molecule has 1 atom stereocenters. The van der Waals surface area contributed by atoms with Crippen molar-refractivity contribution >= 4 is 12.0 Å². The first kappa shape index (κ1) is 14.5. The lowest BCUT2D eigenvalue weighted by Crippen LogP contribution is -2.35. The highest BCUT2D eigenvalue weighted by Crippen LogP contribution is 2.34. The van der Waals surface area contributed by atoms with Gasteiger partial charge in [-0.25, -0.2) is 13.9 Å². The number of halogens is 1. The van der Waals surface area contributed by atoms with Crippen molar-refractivity contribution < 1.29 is 9.18 Å². The molecule has 1 aromatic carbocycles. The summed E-state index contributed by atoms with van der Waals surface area (Å²) in [5, 5.41) is 6.69. The van der Waals surface area contributed by atoms with E-state index >= 15 is 0 Å². The van der Waals surface area contributed by atoms with Crippen molar-refractivity contribution in [2.45, 2.75) is 25.8 Å². The van der Waals surface area contributed by atoms with Gasteiger partial charge in [-0.1, -0.05) is 6.07 Å². The first-order valence-corrected chi connectivity index (χ1v) is 7.24. The Morgan fingerprint density at radius 2 is 2.27 bits per heavy atom. The molecule has 0 bridgehead atoms. The Bertz CT molecular complexity index is 699. The largest absolute Gasteiger partial charge is 0.324 e. The molecule has 1 N–H and O–H groups in total. The summed E-state index contributed by atoms with van der Waals surface area (Å²) in [6.45, 7) is 2.54. The van der Waals surface area contributed by atoms with E-state index in [0.717, 1.165) is 24.0 Å². The number of benzene rings is 1. The summed E-state index contributed by atoms with van der Waals surface area (Å²) in [6, 6.07) is 4.48. The smallest absolute Gasteiger partial charge is 0.317 e. The molecule has 2 amide bonds. The van der Waals surface area contributed by atoms with Crippen LogP contribution in [0.2, 0.25) is 0 Å². The van der Waals surface area contributed by atoms with Gasteiger partial charge in [0.1, 0.15) is 12.1 Å². The first-order chi connectivity index (χ1) is 10.6. The van der Waals surface area contributed by atoms with Gasteiger partial charge in [0.25, 0.3) is 0 Å². The van der Waals surface area contributed by atoms with Crippen LogP contribution in [-0.2, 0) is 7.05 Å². The van der Waals surface area contributed by atoms with Crippen molar-refractivity contribution in [3.8, 4) is 0 Å². The minimum absolute atomic E-state index is 0.0335. The Balaban J connectivity index is 1.81. The number of aromatic nitrogens is 3. The third-order valence-corrected chi connectivity index (χ3v) is 4.03. The summed E-state index contributed by atoms with van der Waals surface area (Å²) in [5.74, 6) is 0.154. The molecule has 0 saturated carbocycles. The minimum Gasteiger partial charge on any atom is -0.317 e. The minimum atomic E-state index is -0.255. The van der Waals surface area contributed by atoms with E-state index in [-0.39, 0.29) is 17.9 Å². The van der Waals surface area contributed by atoms with Gasteiger partial charge in [0.05, 0.1) is 6.04 Å². The highest BCUT2D eigenvalue weighted by Gasteiger charge is 2.31. The van der Waals surface area contributed by atoms with Gasteiger partial charge < -0.3 is 4.90 Å². The average molecular weight is 303 g/mol. The van der Waals surface area contributed by atoms with Crippen molar-refractivity contribution in [3.05, 3.63) is 41.5 Å². The van der Waals surface area contributed by atoms with Crippen LogP contribution in [0, 0.1) is 12.7 Å². The van der Waals surface area contributed by atoms with Crippen molar-refractivity contribution in [3.63, 3.8) is 0 Å². The molecule has 1 aliphatic rings. The number of anilines is 1. The summed E-state index contributed by atoms with van der Waals surface area (Å²) < 4.78 is 14.8. The highest BCUT2D eigenvalue weighted by molar-refractivity contribution is 5.88. The van der Waals surface area contributed by atoms with E-state index in [0.29, 0.717) is 12.5 Å². The van der Waals surface area contributed by atoms with E-state index in [2.05, 4.69) is 15.4 Å². The van der Waals surface area contributed by atoms with Gasteiger partial charge in [0, 0.05) is 13.6 Å². The Hall–Kier alpha value is -2.44. The first-order valence-electron chi connectivity index (χ1n) is 7.24. The molecule has 1 aromatic heterocycles. The number of hydrogen-bond acceptors (Lipinski definition) is 3. The Kier molecular flexibility index (Phi) is 3.79. The normalized spacial score (nSPS) is 17.8. The molecule has 1 aliphatic heterocycles. The van der Waals surface area contributed by atoms with E-state index in [1.807, 2.05) is 6.92 Å². The maximum atomic E-state index is 13.3. The predicted molar refractivity (Wildman–Crippen MR) is 79.8 cm³/mol. The van der Waals surface area contributed by atoms with Crippen molar-refractivity contribution in [2.24, 2.45) is 7.05 Å². The van der Waals surface area contributed by atoms with Gasteiger partial charge in [0.2, 0.25) is 5.95 Å². The maximum absolute atomic E-state index is 13.3. The van der Waals surface area contributed by atoms with Crippen molar-refractivity contribution in [2.75, 3.05) is 11.9 Å². The molecule has 0 radical (unpaired) electrons. The van der Waals surface area contributed by atoms with Gasteiger partial charge in [-0.3, -0.25) is 5.32 Å². The number of rotatable bonds is 2. The van der Waals surface area contributed by atoms with E-state index in [4.69, 9.17) is 0 Å². The fraction of sp³-hybridized carbons (Fsp3) is 0.400.